The number of allylic oxidation sites excluding steroid dienone is 3. The predicted octanol–water partition coefficient (Wildman–Crippen LogP) is 3.35. The molecule has 1 aromatic carbocycles. The third-order valence-corrected chi connectivity index (χ3v) is 2.53. The molecule has 1 heterocycles. The Morgan fingerprint density at radius 3 is 2.62 bits per heavy atom. The molecule has 2 nitrogen and oxygen atoms in total. The monoisotopic (exact) mass is 213 g/mol. The van der Waals surface area contributed by atoms with Gasteiger partial charge in [-0.05, 0) is 43.7 Å². The van der Waals surface area contributed by atoms with Crippen LogP contribution >= 0.6 is 0 Å². The van der Waals surface area contributed by atoms with Crippen molar-refractivity contribution in [3.8, 4) is 5.75 Å². The molecule has 0 N–H and O–H groups in total. The molecule has 0 radical (unpaired) electrons. The molecule has 1 aliphatic heterocycles. The first-order valence-electron chi connectivity index (χ1n) is 5.34. The molecule has 1 aliphatic rings. The molecular formula is C14H15NO. The average molecular weight is 213 g/mol. The summed E-state index contributed by atoms with van der Waals surface area (Å²) in [5.41, 5.74) is 3.39. The Balaban J connectivity index is 2.30. The summed E-state index contributed by atoms with van der Waals surface area (Å²) in [5, 5.41) is 0. The number of rotatable bonds is 2. The second-order valence-corrected chi connectivity index (χ2v) is 3.82. The summed E-state index contributed by atoms with van der Waals surface area (Å²) < 4.78 is 5.13. The molecule has 16 heavy (non-hydrogen) atoms. The molecule has 0 unspecified atom stereocenters. The van der Waals surface area contributed by atoms with Gasteiger partial charge in [-0.25, -0.2) is 0 Å². The van der Waals surface area contributed by atoms with Crippen LogP contribution in [-0.2, 0) is 0 Å². The Bertz CT molecular complexity index is 452. The normalized spacial score (nSPS) is 15.1. The van der Waals surface area contributed by atoms with Gasteiger partial charge in [0.1, 0.15) is 5.75 Å². The van der Waals surface area contributed by atoms with Gasteiger partial charge < -0.3 is 4.74 Å². The molecule has 1 aromatic rings. The molecule has 0 bridgehead atoms. The number of aliphatic imine (C=N–C) groups is 1. The minimum Gasteiger partial charge on any atom is -0.497 e. The molecule has 0 saturated carbocycles. The zero-order valence-corrected chi connectivity index (χ0v) is 9.60. The first-order chi connectivity index (χ1) is 7.79. The van der Waals surface area contributed by atoms with Gasteiger partial charge in [0.15, 0.2) is 0 Å². The lowest BCUT2D eigenvalue weighted by atomic mass is 10.1. The van der Waals surface area contributed by atoms with E-state index < -0.39 is 0 Å². The van der Waals surface area contributed by atoms with Crippen LogP contribution in [0.15, 0.2) is 53.2 Å². The van der Waals surface area contributed by atoms with Crippen LogP contribution in [0.3, 0.4) is 0 Å². The highest BCUT2D eigenvalue weighted by Crippen LogP contribution is 2.15. The highest BCUT2D eigenvalue weighted by atomic mass is 16.5. The zero-order valence-electron chi connectivity index (χ0n) is 9.60. The van der Waals surface area contributed by atoms with Gasteiger partial charge >= 0.3 is 0 Å². The van der Waals surface area contributed by atoms with Crippen LogP contribution in [0.5, 0.6) is 5.75 Å². The van der Waals surface area contributed by atoms with Gasteiger partial charge in [0.2, 0.25) is 0 Å². The maximum atomic E-state index is 5.13. The van der Waals surface area contributed by atoms with E-state index in [0.717, 1.165) is 23.4 Å². The lowest BCUT2D eigenvalue weighted by Gasteiger charge is -2.02. The number of nitrogens with zero attached hydrogens (tertiary/aromatic N) is 1. The molecular weight excluding hydrogens is 198 g/mol. The summed E-state index contributed by atoms with van der Waals surface area (Å²) in [6.07, 6.45) is 7.11. The molecule has 0 atom stereocenters. The predicted molar refractivity (Wildman–Crippen MR) is 67.0 cm³/mol. The summed E-state index contributed by atoms with van der Waals surface area (Å²) in [4.78, 5) is 4.46. The number of hydrogen-bond acceptors (Lipinski definition) is 2. The van der Waals surface area contributed by atoms with Crippen LogP contribution in [0.2, 0.25) is 0 Å². The number of hydrogen-bond donors (Lipinski definition) is 0. The van der Waals surface area contributed by atoms with Crippen molar-refractivity contribution in [2.24, 2.45) is 4.99 Å². The van der Waals surface area contributed by atoms with Crippen LogP contribution in [0, 0.1) is 0 Å². The van der Waals surface area contributed by atoms with Crippen LogP contribution in [0.1, 0.15) is 18.9 Å². The number of ether oxygens (including phenoxy) is 1. The highest BCUT2D eigenvalue weighted by Gasteiger charge is 2.01. The fourth-order valence-electron chi connectivity index (χ4n) is 1.56. The summed E-state index contributed by atoms with van der Waals surface area (Å²) in [6, 6.07) is 7.95. The van der Waals surface area contributed by atoms with Crippen molar-refractivity contribution >= 4 is 5.71 Å². The molecule has 0 spiro atoms. The van der Waals surface area contributed by atoms with E-state index in [0.29, 0.717) is 0 Å². The molecule has 0 aromatic heterocycles. The van der Waals surface area contributed by atoms with Crippen molar-refractivity contribution < 1.29 is 4.74 Å². The minimum atomic E-state index is 0.869. The van der Waals surface area contributed by atoms with E-state index >= 15 is 0 Å². The fourth-order valence-corrected chi connectivity index (χ4v) is 1.56. The van der Waals surface area contributed by atoms with E-state index in [1.165, 1.54) is 5.57 Å². The quantitative estimate of drug-likeness (QED) is 0.738. The van der Waals surface area contributed by atoms with E-state index in [4.69, 9.17) is 4.74 Å². The minimum absolute atomic E-state index is 0.869. The Morgan fingerprint density at radius 1 is 1.19 bits per heavy atom. The number of benzene rings is 1. The van der Waals surface area contributed by atoms with Gasteiger partial charge in [0, 0.05) is 11.8 Å². The van der Waals surface area contributed by atoms with Crippen molar-refractivity contribution in [3.05, 3.63) is 53.8 Å². The van der Waals surface area contributed by atoms with Gasteiger partial charge in [0.25, 0.3) is 0 Å². The lowest BCUT2D eigenvalue weighted by Crippen LogP contribution is -1.95. The molecule has 0 aliphatic carbocycles. The summed E-state index contributed by atoms with van der Waals surface area (Å²) in [6.45, 7) is 2.09. The summed E-state index contributed by atoms with van der Waals surface area (Å²) in [5.74, 6) is 0.869. The van der Waals surface area contributed by atoms with Crippen LogP contribution in [-0.4, -0.2) is 12.8 Å². The van der Waals surface area contributed by atoms with Crippen LogP contribution in [0.4, 0.5) is 0 Å². The maximum absolute atomic E-state index is 5.13. The van der Waals surface area contributed by atoms with Gasteiger partial charge in [0.05, 0.1) is 12.8 Å². The smallest absolute Gasteiger partial charge is 0.118 e. The van der Waals surface area contributed by atoms with E-state index in [1.807, 2.05) is 30.5 Å². The van der Waals surface area contributed by atoms with Gasteiger partial charge in [-0.1, -0.05) is 11.6 Å². The standard InChI is InChI=1S/C14H15NO/c1-11-4-3-5-14(15-10-11)12-6-8-13(16-2)9-7-12/h3,5-10H,4H2,1-2H3. The van der Waals surface area contributed by atoms with Crippen molar-refractivity contribution in [1.29, 1.82) is 0 Å². The van der Waals surface area contributed by atoms with E-state index in [2.05, 4.69) is 24.1 Å². The molecule has 2 rings (SSSR count). The van der Waals surface area contributed by atoms with Gasteiger partial charge in [-0.2, -0.15) is 0 Å². The van der Waals surface area contributed by atoms with Crippen molar-refractivity contribution in [1.82, 2.24) is 0 Å². The third kappa shape index (κ3) is 2.40. The average Bonchev–Trinajstić information content (AvgIpc) is 2.54. The van der Waals surface area contributed by atoms with Gasteiger partial charge in [-0.3, -0.25) is 4.99 Å². The molecule has 0 amide bonds. The zero-order chi connectivity index (χ0) is 11.4. The first kappa shape index (κ1) is 10.7. The van der Waals surface area contributed by atoms with Crippen LogP contribution < -0.4 is 4.74 Å². The molecule has 2 heteroatoms. The third-order valence-electron chi connectivity index (χ3n) is 2.53. The van der Waals surface area contributed by atoms with Gasteiger partial charge in [-0.15, -0.1) is 0 Å². The highest BCUT2D eigenvalue weighted by molar-refractivity contribution is 6.09. The fraction of sp³-hybridized carbons (Fsp3) is 0.214. The summed E-state index contributed by atoms with van der Waals surface area (Å²) in [7, 11) is 1.67. The first-order valence-corrected chi connectivity index (χ1v) is 5.34. The SMILES string of the molecule is COc1ccc(C2=NC=C(C)CC=C2)cc1. The maximum Gasteiger partial charge on any atom is 0.118 e. The van der Waals surface area contributed by atoms with E-state index in [1.54, 1.807) is 7.11 Å². The second-order valence-electron chi connectivity index (χ2n) is 3.82. The molecule has 0 saturated heterocycles. The Hall–Kier alpha value is -1.83. The van der Waals surface area contributed by atoms with Crippen molar-refractivity contribution in [2.75, 3.05) is 7.11 Å². The Kier molecular flexibility index (Phi) is 3.20. The van der Waals surface area contributed by atoms with Crippen molar-refractivity contribution in [3.63, 3.8) is 0 Å². The van der Waals surface area contributed by atoms with E-state index in [-0.39, 0.29) is 0 Å². The lowest BCUT2D eigenvalue weighted by molar-refractivity contribution is 0.415. The molecule has 0 fully saturated rings. The van der Waals surface area contributed by atoms with Crippen LogP contribution in [0.25, 0.3) is 0 Å². The second kappa shape index (κ2) is 4.79. The molecule has 82 valence electrons. The number of methoxy groups -OCH3 is 1. The van der Waals surface area contributed by atoms with E-state index in [9.17, 15) is 0 Å². The summed E-state index contributed by atoms with van der Waals surface area (Å²) >= 11 is 0. The van der Waals surface area contributed by atoms with Crippen molar-refractivity contribution in [2.45, 2.75) is 13.3 Å². The Labute approximate surface area is 96.0 Å². The largest absolute Gasteiger partial charge is 0.497 e. The Morgan fingerprint density at radius 2 is 1.94 bits per heavy atom. The topological polar surface area (TPSA) is 21.6 Å².